The highest BCUT2D eigenvalue weighted by Crippen LogP contribution is 2.40. The summed E-state index contributed by atoms with van der Waals surface area (Å²) in [6.07, 6.45) is 0.166. The van der Waals surface area contributed by atoms with Crippen LogP contribution in [0.5, 0.6) is 17.2 Å². The molecule has 2 atom stereocenters. The predicted octanol–water partition coefficient (Wildman–Crippen LogP) is 2.26. The van der Waals surface area contributed by atoms with Gasteiger partial charge < -0.3 is 19.1 Å². The molecular formula is C22H22N2O6S2. The topological polar surface area (TPSA) is 94.5 Å². The number of benzene rings is 2. The fraction of sp³-hybridized carbons (Fsp3) is 0.364. The highest BCUT2D eigenvalue weighted by molar-refractivity contribution is 8.15. The zero-order valence-electron chi connectivity index (χ0n) is 17.4. The number of aliphatic imine (C=N–C) groups is 1. The number of amides is 1. The number of nitrogens with zero attached hydrogens (tertiary/aromatic N) is 2. The fourth-order valence-corrected chi connectivity index (χ4v) is 8.09. The van der Waals surface area contributed by atoms with Crippen LogP contribution in [0.15, 0.2) is 47.5 Å². The van der Waals surface area contributed by atoms with Crippen LogP contribution < -0.4 is 14.2 Å². The van der Waals surface area contributed by atoms with E-state index in [1.165, 1.54) is 11.8 Å². The molecule has 5 rings (SSSR count). The van der Waals surface area contributed by atoms with Gasteiger partial charge in [0, 0.05) is 11.8 Å². The molecular weight excluding hydrogens is 452 g/mol. The first-order valence-corrected chi connectivity index (χ1v) is 12.9. The molecule has 0 aliphatic carbocycles. The second-order valence-electron chi connectivity index (χ2n) is 7.93. The molecule has 0 N–H and O–H groups in total. The minimum Gasteiger partial charge on any atom is -0.497 e. The number of amidine groups is 1. The molecule has 2 aromatic carbocycles. The average molecular weight is 475 g/mol. The van der Waals surface area contributed by atoms with Gasteiger partial charge in [0.1, 0.15) is 5.75 Å². The van der Waals surface area contributed by atoms with E-state index >= 15 is 0 Å². The number of carbonyl (C=O) groups is 1. The molecule has 32 heavy (non-hydrogen) atoms. The van der Waals surface area contributed by atoms with Crippen molar-refractivity contribution in [3.63, 3.8) is 0 Å². The summed E-state index contributed by atoms with van der Waals surface area (Å²) in [5, 5.41) is 0.452. The Kier molecular flexibility index (Phi) is 5.50. The van der Waals surface area contributed by atoms with Gasteiger partial charge >= 0.3 is 0 Å². The van der Waals surface area contributed by atoms with Gasteiger partial charge in [0.05, 0.1) is 31.1 Å². The maximum Gasteiger partial charge on any atom is 0.252 e. The smallest absolute Gasteiger partial charge is 0.252 e. The summed E-state index contributed by atoms with van der Waals surface area (Å²) < 4.78 is 40.4. The summed E-state index contributed by atoms with van der Waals surface area (Å²) in [5.74, 6) is 1.99. The molecule has 2 saturated heterocycles. The Balaban J connectivity index is 1.37. The Labute approximate surface area is 190 Å². The van der Waals surface area contributed by atoms with E-state index in [-0.39, 0.29) is 41.9 Å². The van der Waals surface area contributed by atoms with E-state index in [1.54, 1.807) is 19.2 Å². The molecule has 3 aliphatic rings. The van der Waals surface area contributed by atoms with Crippen LogP contribution >= 0.6 is 11.8 Å². The van der Waals surface area contributed by atoms with Crippen LogP contribution in [0.4, 0.5) is 0 Å². The van der Waals surface area contributed by atoms with Crippen LogP contribution in [-0.4, -0.2) is 61.1 Å². The molecule has 0 aromatic heterocycles. The van der Waals surface area contributed by atoms with Crippen LogP contribution in [-0.2, 0) is 27.6 Å². The molecule has 168 valence electrons. The van der Waals surface area contributed by atoms with E-state index in [0.717, 1.165) is 16.9 Å². The Bertz CT molecular complexity index is 1180. The maximum atomic E-state index is 12.7. The highest BCUT2D eigenvalue weighted by Gasteiger charge is 2.48. The van der Waals surface area contributed by atoms with Gasteiger partial charge in [0.2, 0.25) is 6.79 Å². The van der Waals surface area contributed by atoms with Crippen molar-refractivity contribution in [2.24, 2.45) is 4.99 Å². The molecule has 0 radical (unpaired) electrons. The molecule has 1 amide bonds. The molecule has 2 aromatic rings. The second-order valence-corrected chi connectivity index (χ2v) is 11.3. The first kappa shape index (κ1) is 21.1. The van der Waals surface area contributed by atoms with Crippen LogP contribution in [0.1, 0.15) is 11.1 Å². The van der Waals surface area contributed by atoms with Crippen molar-refractivity contribution in [2.75, 3.05) is 25.4 Å². The number of fused-ring (bicyclic) bond motifs is 2. The van der Waals surface area contributed by atoms with Crippen molar-refractivity contribution in [2.45, 2.75) is 24.3 Å². The van der Waals surface area contributed by atoms with Gasteiger partial charge in [0.15, 0.2) is 26.5 Å². The Hall–Kier alpha value is -2.72. The van der Waals surface area contributed by atoms with Gasteiger partial charge in [-0.1, -0.05) is 30.0 Å². The number of sulfone groups is 1. The van der Waals surface area contributed by atoms with Crippen molar-refractivity contribution in [1.29, 1.82) is 0 Å². The van der Waals surface area contributed by atoms with Crippen molar-refractivity contribution in [3.05, 3.63) is 53.6 Å². The van der Waals surface area contributed by atoms with Gasteiger partial charge in [-0.3, -0.25) is 4.79 Å². The average Bonchev–Trinajstić information content (AvgIpc) is 3.42. The van der Waals surface area contributed by atoms with Crippen molar-refractivity contribution < 1.29 is 27.4 Å². The number of thioether (sulfide) groups is 1. The predicted molar refractivity (Wildman–Crippen MR) is 121 cm³/mol. The number of methoxy groups -OCH3 is 1. The largest absolute Gasteiger partial charge is 0.497 e. The lowest BCUT2D eigenvalue weighted by molar-refractivity contribution is -0.117. The number of ether oxygens (including phenoxy) is 3. The zero-order chi connectivity index (χ0) is 22.3. The third kappa shape index (κ3) is 4.29. The normalized spacial score (nSPS) is 24.0. The molecule has 0 bridgehead atoms. The van der Waals surface area contributed by atoms with Crippen LogP contribution in [0.25, 0.3) is 0 Å². The fourth-order valence-electron chi connectivity index (χ4n) is 4.12. The monoisotopic (exact) mass is 474 g/mol. The SMILES string of the molecule is COc1ccc(CC(=O)N=C2S[C@@H]3CS(=O)(=O)C[C@H]3N2Cc2ccc3c(c2)OCO3)cc1. The second kappa shape index (κ2) is 8.32. The molecule has 3 aliphatic heterocycles. The van der Waals surface area contributed by atoms with E-state index in [0.29, 0.717) is 23.2 Å². The zero-order valence-corrected chi connectivity index (χ0v) is 19.0. The van der Waals surface area contributed by atoms with Gasteiger partial charge in [0.25, 0.3) is 5.91 Å². The first-order chi connectivity index (χ1) is 15.4. The summed E-state index contributed by atoms with van der Waals surface area (Å²) in [7, 11) is -1.51. The lowest BCUT2D eigenvalue weighted by Crippen LogP contribution is -2.37. The summed E-state index contributed by atoms with van der Waals surface area (Å²) in [5.41, 5.74) is 1.78. The van der Waals surface area contributed by atoms with Gasteiger partial charge in [-0.05, 0) is 35.4 Å². The van der Waals surface area contributed by atoms with Crippen LogP contribution in [0.3, 0.4) is 0 Å². The van der Waals surface area contributed by atoms with E-state index in [9.17, 15) is 13.2 Å². The lowest BCUT2D eigenvalue weighted by Gasteiger charge is -2.24. The van der Waals surface area contributed by atoms with Crippen LogP contribution in [0, 0.1) is 0 Å². The van der Waals surface area contributed by atoms with Crippen molar-refractivity contribution >= 4 is 32.7 Å². The molecule has 0 spiro atoms. The third-order valence-electron chi connectivity index (χ3n) is 5.70. The summed E-state index contributed by atoms with van der Waals surface area (Å²) in [6.45, 7) is 0.628. The lowest BCUT2D eigenvalue weighted by atomic mass is 10.1. The standard InChI is InChI=1S/C22H22N2O6S2/c1-28-16-5-2-14(3-6-16)9-21(25)23-22-24(17-11-32(26,27)12-20(17)31-22)10-15-4-7-18-19(8-15)30-13-29-18/h2-8,17,20H,9-13H2,1H3/t17-,20-/m1/s1. The quantitative estimate of drug-likeness (QED) is 0.652. The molecule has 0 unspecified atom stereocenters. The summed E-state index contributed by atoms with van der Waals surface area (Å²) in [4.78, 5) is 19.0. The highest BCUT2D eigenvalue weighted by atomic mass is 32.2. The summed E-state index contributed by atoms with van der Waals surface area (Å²) >= 11 is 1.38. The number of carbonyl (C=O) groups excluding carboxylic acids is 1. The van der Waals surface area contributed by atoms with Gasteiger partial charge in [-0.15, -0.1) is 0 Å². The Morgan fingerprint density at radius 1 is 1.12 bits per heavy atom. The summed E-state index contributed by atoms with van der Waals surface area (Å²) in [6, 6.07) is 12.7. The maximum absolute atomic E-state index is 12.7. The van der Waals surface area contributed by atoms with Crippen LogP contribution in [0.2, 0.25) is 0 Å². The van der Waals surface area contributed by atoms with E-state index < -0.39 is 9.84 Å². The Morgan fingerprint density at radius 3 is 2.66 bits per heavy atom. The van der Waals surface area contributed by atoms with Crippen molar-refractivity contribution in [1.82, 2.24) is 4.90 Å². The molecule has 0 saturated carbocycles. The molecule has 10 heteroatoms. The molecule has 3 heterocycles. The van der Waals surface area contributed by atoms with Gasteiger partial charge in [-0.2, -0.15) is 4.99 Å². The van der Waals surface area contributed by atoms with E-state index in [2.05, 4.69) is 4.99 Å². The van der Waals surface area contributed by atoms with E-state index in [4.69, 9.17) is 14.2 Å². The molecule has 2 fully saturated rings. The third-order valence-corrected chi connectivity index (χ3v) is 8.95. The minimum absolute atomic E-state index is 0.0703. The number of hydrogen-bond acceptors (Lipinski definition) is 7. The minimum atomic E-state index is -3.11. The first-order valence-electron chi connectivity index (χ1n) is 10.2. The van der Waals surface area contributed by atoms with Crippen molar-refractivity contribution in [3.8, 4) is 17.2 Å². The number of rotatable bonds is 5. The number of hydrogen-bond donors (Lipinski definition) is 0. The van der Waals surface area contributed by atoms with E-state index in [1.807, 2.05) is 35.2 Å². The Morgan fingerprint density at radius 2 is 1.88 bits per heavy atom. The molecule has 8 nitrogen and oxygen atoms in total. The van der Waals surface area contributed by atoms with Gasteiger partial charge in [-0.25, -0.2) is 8.42 Å².